The summed E-state index contributed by atoms with van der Waals surface area (Å²) in [6.45, 7) is 6.75. The molecule has 0 spiro atoms. The topological polar surface area (TPSA) is 146 Å². The Bertz CT molecular complexity index is 588. The van der Waals surface area contributed by atoms with Crippen molar-refractivity contribution in [3.63, 3.8) is 0 Å². The first-order valence-electron chi connectivity index (χ1n) is 12.0. The Kier molecular flexibility index (Phi) is 19.6. The maximum absolute atomic E-state index is 12.0. The minimum Gasteiger partial charge on any atom is -0.478 e. The first-order valence-corrected chi connectivity index (χ1v) is 12.0. The van der Waals surface area contributed by atoms with Crippen LogP contribution in [0.25, 0.3) is 0 Å². The highest BCUT2D eigenvalue weighted by molar-refractivity contribution is 6.04. The summed E-state index contributed by atoms with van der Waals surface area (Å²) in [5.74, 6) is -4.89. The van der Waals surface area contributed by atoms with Gasteiger partial charge in [-0.1, -0.05) is 12.8 Å². The Morgan fingerprint density at radius 1 is 0.529 bits per heavy atom. The molecule has 0 heterocycles. The fourth-order valence-electron chi connectivity index (χ4n) is 2.99. The van der Waals surface area contributed by atoms with Crippen molar-refractivity contribution in [2.24, 2.45) is 0 Å². The van der Waals surface area contributed by atoms with E-state index in [4.69, 9.17) is 18.9 Å². The van der Waals surface area contributed by atoms with E-state index in [1.54, 1.807) is 0 Å². The van der Waals surface area contributed by atoms with Crippen LogP contribution in [0.15, 0.2) is 11.1 Å². The van der Waals surface area contributed by atoms with Gasteiger partial charge in [-0.05, 0) is 52.4 Å². The Morgan fingerprint density at radius 3 is 1.15 bits per heavy atom. The van der Waals surface area contributed by atoms with E-state index in [9.17, 15) is 29.4 Å². The number of carboxylic acids is 2. The molecule has 0 atom stereocenters. The fraction of sp³-hybridized carbons (Fsp3) is 0.750. The number of carbonyl (C=O) groups excluding carboxylic acids is 2. The van der Waals surface area contributed by atoms with Gasteiger partial charge in [-0.15, -0.1) is 0 Å². The second-order valence-electron chi connectivity index (χ2n) is 7.58. The average molecular weight is 489 g/mol. The molecule has 196 valence electrons. The van der Waals surface area contributed by atoms with E-state index in [0.29, 0.717) is 39.3 Å². The summed E-state index contributed by atoms with van der Waals surface area (Å²) in [6, 6.07) is 0. The van der Waals surface area contributed by atoms with Gasteiger partial charge < -0.3 is 29.2 Å². The van der Waals surface area contributed by atoms with E-state index in [-0.39, 0.29) is 13.2 Å². The summed E-state index contributed by atoms with van der Waals surface area (Å²) >= 11 is 0. The first kappa shape index (κ1) is 31.5. The van der Waals surface area contributed by atoms with Crippen LogP contribution in [-0.4, -0.2) is 73.7 Å². The molecule has 0 radical (unpaired) electrons. The molecule has 0 rings (SSSR count). The number of hydrogen-bond donors (Lipinski definition) is 2. The van der Waals surface area contributed by atoms with Gasteiger partial charge in [0.15, 0.2) is 0 Å². The third-order valence-electron chi connectivity index (χ3n) is 4.82. The quantitative estimate of drug-likeness (QED) is 0.132. The van der Waals surface area contributed by atoms with Crippen molar-refractivity contribution in [3.8, 4) is 0 Å². The minimum absolute atomic E-state index is 0.107. The van der Waals surface area contributed by atoms with E-state index in [1.807, 2.05) is 13.8 Å². The maximum atomic E-state index is 12.0. The number of esters is 2. The molecule has 0 bridgehead atoms. The standard InChI is InChI=1S/C24H40O10/c1-3-31-13-9-5-7-11-15-33-21(25)17-19(23(27)28)20(24(29)30)18-22(26)34-16-12-8-6-10-14-32-4-2/h3-18H2,1-2H3,(H,27,28)(H,29,30). The van der Waals surface area contributed by atoms with Gasteiger partial charge in [-0.25, -0.2) is 9.59 Å². The molecule has 0 fully saturated rings. The lowest BCUT2D eigenvalue weighted by Gasteiger charge is -2.10. The van der Waals surface area contributed by atoms with Crippen molar-refractivity contribution in [1.82, 2.24) is 0 Å². The largest absolute Gasteiger partial charge is 0.478 e. The molecule has 0 aliphatic heterocycles. The van der Waals surface area contributed by atoms with Gasteiger partial charge in [-0.2, -0.15) is 0 Å². The van der Waals surface area contributed by atoms with Crippen LogP contribution in [-0.2, 0) is 38.1 Å². The lowest BCUT2D eigenvalue weighted by atomic mass is 10.0. The molecule has 10 nitrogen and oxygen atoms in total. The average Bonchev–Trinajstić information content (AvgIpc) is 2.79. The maximum Gasteiger partial charge on any atom is 0.332 e. The summed E-state index contributed by atoms with van der Waals surface area (Å²) in [6.07, 6.45) is 5.00. The number of ether oxygens (including phenoxy) is 4. The van der Waals surface area contributed by atoms with Crippen LogP contribution in [0.4, 0.5) is 0 Å². The van der Waals surface area contributed by atoms with Gasteiger partial charge in [-0.3, -0.25) is 9.59 Å². The van der Waals surface area contributed by atoms with Crippen LogP contribution in [0.5, 0.6) is 0 Å². The lowest BCUT2D eigenvalue weighted by Crippen LogP contribution is -2.19. The summed E-state index contributed by atoms with van der Waals surface area (Å²) in [5, 5.41) is 18.8. The number of rotatable bonds is 22. The molecule has 0 saturated heterocycles. The third kappa shape index (κ3) is 17.1. The number of aliphatic carboxylic acids is 2. The molecule has 0 aliphatic rings. The molecule has 0 unspecified atom stereocenters. The van der Waals surface area contributed by atoms with Crippen molar-refractivity contribution in [2.45, 2.75) is 78.1 Å². The fourth-order valence-corrected chi connectivity index (χ4v) is 2.99. The van der Waals surface area contributed by atoms with Gasteiger partial charge in [0.25, 0.3) is 0 Å². The van der Waals surface area contributed by atoms with Gasteiger partial charge >= 0.3 is 23.9 Å². The van der Waals surface area contributed by atoms with E-state index < -0.39 is 47.9 Å². The summed E-state index contributed by atoms with van der Waals surface area (Å²) in [7, 11) is 0. The van der Waals surface area contributed by atoms with Crippen molar-refractivity contribution >= 4 is 23.9 Å². The molecule has 0 aliphatic carbocycles. The molecule has 0 amide bonds. The third-order valence-corrected chi connectivity index (χ3v) is 4.82. The molecule has 2 N–H and O–H groups in total. The van der Waals surface area contributed by atoms with Crippen LogP contribution in [0.1, 0.15) is 78.1 Å². The second-order valence-corrected chi connectivity index (χ2v) is 7.58. The minimum atomic E-state index is -1.59. The van der Waals surface area contributed by atoms with Crippen LogP contribution < -0.4 is 0 Å². The van der Waals surface area contributed by atoms with Gasteiger partial charge in [0, 0.05) is 26.4 Å². The zero-order valence-corrected chi connectivity index (χ0v) is 20.5. The summed E-state index contributed by atoms with van der Waals surface area (Å²) < 4.78 is 20.5. The van der Waals surface area contributed by atoms with Crippen molar-refractivity contribution in [3.05, 3.63) is 11.1 Å². The highest BCUT2D eigenvalue weighted by Crippen LogP contribution is 2.16. The Morgan fingerprint density at radius 2 is 0.853 bits per heavy atom. The number of carbonyl (C=O) groups is 4. The van der Waals surface area contributed by atoms with Crippen molar-refractivity contribution in [2.75, 3.05) is 39.6 Å². The summed E-state index contributed by atoms with van der Waals surface area (Å²) in [5.41, 5.74) is -1.36. The smallest absolute Gasteiger partial charge is 0.332 e. The van der Waals surface area contributed by atoms with Crippen LogP contribution in [0, 0.1) is 0 Å². The van der Waals surface area contributed by atoms with Crippen LogP contribution >= 0.6 is 0 Å². The van der Waals surface area contributed by atoms with Crippen molar-refractivity contribution in [1.29, 1.82) is 0 Å². The predicted molar refractivity (Wildman–Crippen MR) is 123 cm³/mol. The molecular weight excluding hydrogens is 448 g/mol. The summed E-state index contributed by atoms with van der Waals surface area (Å²) in [4.78, 5) is 47.2. The molecule has 34 heavy (non-hydrogen) atoms. The zero-order valence-electron chi connectivity index (χ0n) is 20.5. The predicted octanol–water partition coefficient (Wildman–Crippen LogP) is 3.51. The first-order chi connectivity index (χ1) is 16.3. The molecule has 0 aromatic rings. The second kappa shape index (κ2) is 21.1. The van der Waals surface area contributed by atoms with E-state index >= 15 is 0 Å². The van der Waals surface area contributed by atoms with E-state index in [2.05, 4.69) is 0 Å². The van der Waals surface area contributed by atoms with Crippen LogP contribution in [0.3, 0.4) is 0 Å². The highest BCUT2D eigenvalue weighted by Gasteiger charge is 2.26. The molecule has 0 aromatic heterocycles. The molecule has 0 aromatic carbocycles. The van der Waals surface area contributed by atoms with E-state index in [1.165, 1.54) is 0 Å². The number of carboxylic acid groups (broad SMARTS) is 2. The monoisotopic (exact) mass is 488 g/mol. The Balaban J connectivity index is 4.52. The number of unbranched alkanes of at least 4 members (excludes halogenated alkanes) is 6. The molecule has 0 saturated carbocycles. The molecular formula is C24H40O10. The lowest BCUT2D eigenvalue weighted by molar-refractivity contribution is -0.146. The molecule has 10 heteroatoms. The normalized spacial score (nSPS) is 11.6. The Hall–Kier alpha value is -2.46. The van der Waals surface area contributed by atoms with Gasteiger partial charge in [0.05, 0.1) is 37.2 Å². The zero-order chi connectivity index (χ0) is 25.6. The van der Waals surface area contributed by atoms with Gasteiger partial charge in [0.2, 0.25) is 0 Å². The Labute approximate surface area is 201 Å². The number of hydrogen-bond acceptors (Lipinski definition) is 8. The van der Waals surface area contributed by atoms with E-state index in [0.717, 1.165) is 38.5 Å². The SMILES string of the molecule is CCOCCCCCCOC(=O)CC(C(=O)O)=C(CC(=O)OCCCCCCOCC)C(=O)O. The highest BCUT2D eigenvalue weighted by atomic mass is 16.5. The van der Waals surface area contributed by atoms with Gasteiger partial charge in [0.1, 0.15) is 0 Å². The van der Waals surface area contributed by atoms with Crippen molar-refractivity contribution < 1.29 is 48.3 Å². The van der Waals surface area contributed by atoms with Crippen LogP contribution in [0.2, 0.25) is 0 Å².